The van der Waals surface area contributed by atoms with Crippen molar-refractivity contribution < 1.29 is 4.74 Å². The summed E-state index contributed by atoms with van der Waals surface area (Å²) in [5.74, 6) is 0. The topological polar surface area (TPSA) is 24.5 Å². The van der Waals surface area contributed by atoms with E-state index in [4.69, 9.17) is 4.74 Å². The van der Waals surface area contributed by atoms with Gasteiger partial charge in [0.05, 0.1) is 6.10 Å². The van der Waals surface area contributed by atoms with Gasteiger partial charge in [-0.2, -0.15) is 0 Å². The van der Waals surface area contributed by atoms with Gasteiger partial charge in [0.1, 0.15) is 0 Å². The molecule has 2 atom stereocenters. The maximum atomic E-state index is 5.71. The van der Waals surface area contributed by atoms with E-state index in [1.54, 1.807) is 0 Å². The van der Waals surface area contributed by atoms with Crippen LogP contribution in [0.15, 0.2) is 0 Å². The Morgan fingerprint density at radius 2 is 2.17 bits per heavy atom. The highest BCUT2D eigenvalue weighted by molar-refractivity contribution is 4.78. The first-order chi connectivity index (χ1) is 8.90. The van der Waals surface area contributed by atoms with Crippen LogP contribution < -0.4 is 5.32 Å². The molecular formula is C15H30N2O. The summed E-state index contributed by atoms with van der Waals surface area (Å²) >= 11 is 0. The fourth-order valence-electron chi connectivity index (χ4n) is 3.30. The molecule has 0 aliphatic carbocycles. The van der Waals surface area contributed by atoms with Gasteiger partial charge in [0, 0.05) is 19.2 Å². The van der Waals surface area contributed by atoms with Gasteiger partial charge in [0.2, 0.25) is 0 Å². The lowest BCUT2D eigenvalue weighted by Crippen LogP contribution is -2.46. The molecule has 2 fully saturated rings. The summed E-state index contributed by atoms with van der Waals surface area (Å²) in [6.45, 7) is 8.23. The molecule has 3 heteroatoms. The normalized spacial score (nSPS) is 29.0. The predicted octanol–water partition coefficient (Wildman–Crippen LogP) is 2.41. The Balaban J connectivity index is 1.67. The van der Waals surface area contributed by atoms with Crippen LogP contribution >= 0.6 is 0 Å². The molecule has 0 aromatic rings. The van der Waals surface area contributed by atoms with Crippen LogP contribution in [0.3, 0.4) is 0 Å². The van der Waals surface area contributed by atoms with Gasteiger partial charge in [-0.15, -0.1) is 0 Å². The molecule has 0 spiro atoms. The van der Waals surface area contributed by atoms with E-state index in [9.17, 15) is 0 Å². The van der Waals surface area contributed by atoms with Crippen LogP contribution in [-0.2, 0) is 4.74 Å². The minimum Gasteiger partial charge on any atom is -0.378 e. The minimum absolute atomic E-state index is 0.568. The molecule has 2 rings (SSSR count). The zero-order valence-electron chi connectivity index (χ0n) is 12.0. The van der Waals surface area contributed by atoms with Crippen LogP contribution in [0.25, 0.3) is 0 Å². The number of hydrogen-bond donors (Lipinski definition) is 1. The Morgan fingerprint density at radius 1 is 1.22 bits per heavy atom. The molecule has 18 heavy (non-hydrogen) atoms. The van der Waals surface area contributed by atoms with Gasteiger partial charge in [0.15, 0.2) is 0 Å². The summed E-state index contributed by atoms with van der Waals surface area (Å²) < 4.78 is 5.71. The summed E-state index contributed by atoms with van der Waals surface area (Å²) in [4.78, 5) is 2.71. The molecule has 2 aliphatic rings. The van der Waals surface area contributed by atoms with Crippen molar-refractivity contribution in [1.29, 1.82) is 0 Å². The van der Waals surface area contributed by atoms with Crippen LogP contribution in [0, 0.1) is 0 Å². The number of nitrogens with one attached hydrogen (secondary N) is 1. The second kappa shape index (κ2) is 8.13. The molecule has 0 amide bonds. The van der Waals surface area contributed by atoms with Crippen molar-refractivity contribution in [3.63, 3.8) is 0 Å². The van der Waals surface area contributed by atoms with E-state index in [-0.39, 0.29) is 0 Å². The highest BCUT2D eigenvalue weighted by atomic mass is 16.5. The molecule has 106 valence electrons. The number of hydrogen-bond acceptors (Lipinski definition) is 3. The monoisotopic (exact) mass is 254 g/mol. The summed E-state index contributed by atoms with van der Waals surface area (Å²) in [6.07, 6.45) is 9.70. The van der Waals surface area contributed by atoms with Gasteiger partial charge >= 0.3 is 0 Å². The highest BCUT2D eigenvalue weighted by Gasteiger charge is 2.21. The van der Waals surface area contributed by atoms with Crippen LogP contribution in [0.4, 0.5) is 0 Å². The Kier molecular flexibility index (Phi) is 6.46. The second-order valence-electron chi connectivity index (χ2n) is 5.81. The molecule has 0 radical (unpaired) electrons. The van der Waals surface area contributed by atoms with Crippen LogP contribution in [0.5, 0.6) is 0 Å². The first-order valence-electron chi connectivity index (χ1n) is 7.96. The molecule has 0 saturated carbocycles. The van der Waals surface area contributed by atoms with Gasteiger partial charge in [0.25, 0.3) is 0 Å². The van der Waals surface area contributed by atoms with Crippen LogP contribution in [0.1, 0.15) is 51.9 Å². The SMILES string of the molecule is CCCN(CCCC1CCCO1)C1CCCNC1. The van der Waals surface area contributed by atoms with Gasteiger partial charge in [-0.05, 0) is 64.6 Å². The molecule has 0 aromatic carbocycles. The standard InChI is InChI=1S/C15H30N2O/c1-2-10-17(14-6-3-9-16-13-14)11-4-7-15-8-5-12-18-15/h14-16H,2-13H2,1H3. The Hall–Kier alpha value is -0.120. The van der Waals surface area contributed by atoms with Crippen molar-refractivity contribution in [2.24, 2.45) is 0 Å². The Bertz CT molecular complexity index is 211. The third-order valence-corrected chi connectivity index (χ3v) is 4.29. The fraction of sp³-hybridized carbons (Fsp3) is 1.00. The third kappa shape index (κ3) is 4.52. The molecule has 3 nitrogen and oxygen atoms in total. The van der Waals surface area contributed by atoms with Crippen LogP contribution in [-0.4, -0.2) is 49.8 Å². The summed E-state index contributed by atoms with van der Waals surface area (Å²) in [6, 6.07) is 0.781. The molecule has 2 heterocycles. The Labute approximate surface area is 112 Å². The van der Waals surface area contributed by atoms with E-state index < -0.39 is 0 Å². The largest absolute Gasteiger partial charge is 0.378 e. The van der Waals surface area contributed by atoms with Crippen molar-refractivity contribution in [2.45, 2.75) is 64.0 Å². The van der Waals surface area contributed by atoms with Gasteiger partial charge in [-0.25, -0.2) is 0 Å². The van der Waals surface area contributed by atoms with Crippen molar-refractivity contribution in [3.05, 3.63) is 0 Å². The number of rotatable bonds is 7. The lowest BCUT2D eigenvalue weighted by Gasteiger charge is -2.34. The van der Waals surface area contributed by atoms with E-state index in [1.165, 1.54) is 71.1 Å². The third-order valence-electron chi connectivity index (χ3n) is 4.29. The molecule has 0 bridgehead atoms. The summed E-state index contributed by atoms with van der Waals surface area (Å²) in [7, 11) is 0. The van der Waals surface area contributed by atoms with Crippen molar-refractivity contribution in [2.75, 3.05) is 32.8 Å². The first-order valence-corrected chi connectivity index (χ1v) is 7.96. The lowest BCUT2D eigenvalue weighted by atomic mass is 10.0. The van der Waals surface area contributed by atoms with E-state index in [1.807, 2.05) is 0 Å². The Morgan fingerprint density at radius 3 is 2.83 bits per heavy atom. The quantitative estimate of drug-likeness (QED) is 0.755. The van der Waals surface area contributed by atoms with Gasteiger partial charge in [-0.1, -0.05) is 6.92 Å². The minimum atomic E-state index is 0.568. The predicted molar refractivity (Wildman–Crippen MR) is 76.0 cm³/mol. The lowest BCUT2D eigenvalue weighted by molar-refractivity contribution is 0.0937. The van der Waals surface area contributed by atoms with Gasteiger partial charge in [-0.3, -0.25) is 4.90 Å². The van der Waals surface area contributed by atoms with E-state index in [0.29, 0.717) is 6.10 Å². The highest BCUT2D eigenvalue weighted by Crippen LogP contribution is 2.18. The molecule has 1 N–H and O–H groups in total. The first kappa shape index (κ1) is 14.3. The maximum Gasteiger partial charge on any atom is 0.0576 e. The van der Waals surface area contributed by atoms with Gasteiger partial charge < -0.3 is 10.1 Å². The average Bonchev–Trinajstić information content (AvgIpc) is 2.92. The molecule has 0 aromatic heterocycles. The smallest absolute Gasteiger partial charge is 0.0576 e. The summed E-state index contributed by atoms with van der Waals surface area (Å²) in [5.41, 5.74) is 0. The summed E-state index contributed by atoms with van der Waals surface area (Å²) in [5, 5.41) is 3.54. The maximum absolute atomic E-state index is 5.71. The zero-order valence-corrected chi connectivity index (χ0v) is 12.0. The van der Waals surface area contributed by atoms with Crippen molar-refractivity contribution in [1.82, 2.24) is 10.2 Å². The van der Waals surface area contributed by atoms with E-state index >= 15 is 0 Å². The van der Waals surface area contributed by atoms with Crippen LogP contribution in [0.2, 0.25) is 0 Å². The molecule has 2 saturated heterocycles. The zero-order chi connectivity index (χ0) is 12.6. The van der Waals surface area contributed by atoms with E-state index in [2.05, 4.69) is 17.1 Å². The number of ether oxygens (including phenoxy) is 1. The fourth-order valence-corrected chi connectivity index (χ4v) is 3.30. The second-order valence-corrected chi connectivity index (χ2v) is 5.81. The molecule has 2 unspecified atom stereocenters. The average molecular weight is 254 g/mol. The van der Waals surface area contributed by atoms with E-state index in [0.717, 1.165) is 12.6 Å². The number of piperidine rings is 1. The van der Waals surface area contributed by atoms with Crippen molar-refractivity contribution >= 4 is 0 Å². The number of nitrogens with zero attached hydrogens (tertiary/aromatic N) is 1. The molecular weight excluding hydrogens is 224 g/mol. The molecule has 2 aliphatic heterocycles. The van der Waals surface area contributed by atoms with Crippen molar-refractivity contribution in [3.8, 4) is 0 Å².